The smallest absolute Gasteiger partial charge is 0.219 e. The predicted octanol–water partition coefficient (Wildman–Crippen LogP) is 1.19. The van der Waals surface area contributed by atoms with E-state index in [9.17, 15) is 4.79 Å². The fraction of sp³-hybridized carbons (Fsp3) is 0.400. The Morgan fingerprint density at radius 3 is 2.77 bits per heavy atom. The number of carbonyl (C=O) groups is 1. The molecule has 1 radical (unpaired) electrons. The molecule has 0 heterocycles. The molecule has 0 spiro atoms. The number of hydrogen-bond donors (Lipinski definition) is 1. The van der Waals surface area contributed by atoms with Crippen molar-refractivity contribution in [1.29, 1.82) is 0 Å². The zero-order valence-electron chi connectivity index (χ0n) is 8.13. The highest BCUT2D eigenvalue weighted by Crippen LogP contribution is 2.19. The van der Waals surface area contributed by atoms with Gasteiger partial charge in [-0.25, -0.2) is 0 Å². The molecule has 13 heavy (non-hydrogen) atoms. The summed E-state index contributed by atoms with van der Waals surface area (Å²) in [7, 11) is 1.56. The van der Waals surface area contributed by atoms with Crippen LogP contribution in [0, 0.1) is 6.42 Å². The van der Waals surface area contributed by atoms with Gasteiger partial charge in [0, 0.05) is 20.5 Å². The molecule has 0 aromatic rings. The quantitative estimate of drug-likeness (QED) is 0.648. The third-order valence-electron chi connectivity index (χ3n) is 1.85. The van der Waals surface area contributed by atoms with E-state index in [4.69, 9.17) is 4.74 Å². The number of rotatable bonds is 2. The van der Waals surface area contributed by atoms with Gasteiger partial charge in [-0.3, -0.25) is 4.79 Å². The average Bonchev–Trinajstić information content (AvgIpc) is 2.03. The first-order valence-electron chi connectivity index (χ1n) is 4.14. The molecule has 0 aromatic heterocycles. The van der Waals surface area contributed by atoms with Crippen molar-refractivity contribution in [2.45, 2.75) is 19.6 Å². The second kappa shape index (κ2) is 3.75. The van der Waals surface area contributed by atoms with Crippen molar-refractivity contribution in [2.24, 2.45) is 0 Å². The summed E-state index contributed by atoms with van der Waals surface area (Å²) in [6.07, 6.45) is 7.50. The van der Waals surface area contributed by atoms with Crippen LogP contribution < -0.4 is 5.32 Å². The van der Waals surface area contributed by atoms with E-state index in [2.05, 4.69) is 5.32 Å². The van der Waals surface area contributed by atoms with Gasteiger partial charge < -0.3 is 10.1 Å². The fourth-order valence-electron chi connectivity index (χ4n) is 1.31. The largest absolute Gasteiger partial charge is 0.352 e. The number of allylic oxidation sites excluding steroid dienone is 2. The Labute approximate surface area is 78.5 Å². The first-order valence-corrected chi connectivity index (χ1v) is 4.14. The topological polar surface area (TPSA) is 38.3 Å². The molecule has 0 saturated heterocycles. The van der Waals surface area contributed by atoms with Gasteiger partial charge in [0.05, 0.1) is 0 Å². The number of carbonyl (C=O) groups excluding carboxylic acids is 1. The lowest BCUT2D eigenvalue weighted by Gasteiger charge is -2.29. The van der Waals surface area contributed by atoms with Crippen molar-refractivity contribution < 1.29 is 9.53 Å². The number of amides is 1. The first-order chi connectivity index (χ1) is 6.08. The monoisotopic (exact) mass is 180 g/mol. The summed E-state index contributed by atoms with van der Waals surface area (Å²) in [5.74, 6) is -0.113. The van der Waals surface area contributed by atoms with Crippen molar-refractivity contribution in [3.05, 3.63) is 30.2 Å². The molecular formula is C10H14NO2. The molecule has 3 heteroatoms. The standard InChI is InChI=1S/C10H14NO2/c1-8-5-4-6-10(7-8,13-3)11-9(2)12/h4-7H,1-3H3,(H,11,12). The molecule has 0 aliphatic heterocycles. The summed E-state index contributed by atoms with van der Waals surface area (Å²) >= 11 is 0. The van der Waals surface area contributed by atoms with Crippen molar-refractivity contribution in [1.82, 2.24) is 5.32 Å². The maximum absolute atomic E-state index is 10.9. The van der Waals surface area contributed by atoms with Crippen LogP contribution in [0.1, 0.15) is 13.8 Å². The number of nitrogens with one attached hydrogen (secondary N) is 1. The normalized spacial score (nSPS) is 26.8. The molecule has 1 aliphatic rings. The van der Waals surface area contributed by atoms with Gasteiger partial charge in [0.2, 0.25) is 5.91 Å². The molecule has 71 valence electrons. The van der Waals surface area contributed by atoms with Crippen LogP contribution in [-0.4, -0.2) is 18.7 Å². The van der Waals surface area contributed by atoms with Crippen LogP contribution in [0.25, 0.3) is 0 Å². The lowest BCUT2D eigenvalue weighted by molar-refractivity contribution is -0.123. The van der Waals surface area contributed by atoms with Gasteiger partial charge in [0.15, 0.2) is 5.72 Å². The molecule has 0 saturated carbocycles. The van der Waals surface area contributed by atoms with Crippen molar-refractivity contribution in [2.75, 3.05) is 7.11 Å². The summed E-state index contributed by atoms with van der Waals surface area (Å²) < 4.78 is 5.24. The minimum atomic E-state index is -0.759. The van der Waals surface area contributed by atoms with E-state index in [-0.39, 0.29) is 5.91 Å². The lowest BCUT2D eigenvalue weighted by atomic mass is 10.0. The van der Waals surface area contributed by atoms with E-state index in [0.29, 0.717) is 0 Å². The second-order valence-corrected chi connectivity index (χ2v) is 3.09. The van der Waals surface area contributed by atoms with Crippen molar-refractivity contribution in [3.63, 3.8) is 0 Å². The SMILES string of the molecule is COC1(NC(C)=O)C=C[CH]C(C)=C1. The number of ether oxygens (including phenoxy) is 1. The average molecular weight is 180 g/mol. The highest BCUT2D eigenvalue weighted by Gasteiger charge is 2.26. The Morgan fingerprint density at radius 1 is 1.62 bits per heavy atom. The maximum Gasteiger partial charge on any atom is 0.219 e. The van der Waals surface area contributed by atoms with Crippen LogP contribution in [0.3, 0.4) is 0 Å². The Balaban J connectivity index is 2.85. The highest BCUT2D eigenvalue weighted by atomic mass is 16.5. The van der Waals surface area contributed by atoms with Crippen LogP contribution in [-0.2, 0) is 9.53 Å². The first kappa shape index (κ1) is 9.99. The summed E-state index contributed by atoms with van der Waals surface area (Å²) in [5.41, 5.74) is 0.308. The van der Waals surface area contributed by atoms with Crippen molar-refractivity contribution >= 4 is 5.91 Å². The third kappa shape index (κ3) is 2.42. The highest BCUT2D eigenvalue weighted by molar-refractivity contribution is 5.74. The lowest BCUT2D eigenvalue weighted by Crippen LogP contribution is -2.47. The van der Waals surface area contributed by atoms with E-state index >= 15 is 0 Å². The van der Waals surface area contributed by atoms with Crippen molar-refractivity contribution in [3.8, 4) is 0 Å². The van der Waals surface area contributed by atoms with Crippen LogP contribution >= 0.6 is 0 Å². The van der Waals surface area contributed by atoms with Gasteiger partial charge in [-0.1, -0.05) is 11.6 Å². The zero-order chi connectivity index (χ0) is 9.90. The van der Waals surface area contributed by atoms with E-state index in [1.807, 2.05) is 25.5 Å². The molecule has 1 atom stereocenters. The summed E-state index contributed by atoms with van der Waals surface area (Å²) in [6, 6.07) is 0. The molecule has 3 nitrogen and oxygen atoms in total. The predicted molar refractivity (Wildman–Crippen MR) is 50.8 cm³/mol. The number of hydrogen-bond acceptors (Lipinski definition) is 2. The molecule has 1 rings (SSSR count). The van der Waals surface area contributed by atoms with Gasteiger partial charge in [0.1, 0.15) is 0 Å². The fourth-order valence-corrected chi connectivity index (χ4v) is 1.31. The van der Waals surface area contributed by atoms with E-state index in [1.165, 1.54) is 6.92 Å². The molecule has 0 aromatic carbocycles. The Bertz CT molecular complexity index is 268. The van der Waals surface area contributed by atoms with Gasteiger partial charge in [0.25, 0.3) is 0 Å². The van der Waals surface area contributed by atoms with Gasteiger partial charge in [-0.15, -0.1) is 0 Å². The summed E-state index contributed by atoms with van der Waals surface area (Å²) in [4.78, 5) is 10.9. The summed E-state index contributed by atoms with van der Waals surface area (Å²) in [6.45, 7) is 3.43. The van der Waals surface area contributed by atoms with Crippen LogP contribution in [0.4, 0.5) is 0 Å². The zero-order valence-corrected chi connectivity index (χ0v) is 8.13. The van der Waals surface area contributed by atoms with Crippen LogP contribution in [0.2, 0.25) is 0 Å². The minimum absolute atomic E-state index is 0.113. The maximum atomic E-state index is 10.9. The molecule has 1 amide bonds. The summed E-state index contributed by atoms with van der Waals surface area (Å²) in [5, 5.41) is 2.73. The Hall–Kier alpha value is -1.09. The van der Waals surface area contributed by atoms with E-state index < -0.39 is 5.72 Å². The van der Waals surface area contributed by atoms with Gasteiger partial charge in [-0.05, 0) is 19.1 Å². The van der Waals surface area contributed by atoms with Gasteiger partial charge >= 0.3 is 0 Å². The van der Waals surface area contributed by atoms with E-state index in [0.717, 1.165) is 5.57 Å². The molecule has 0 fully saturated rings. The van der Waals surface area contributed by atoms with Gasteiger partial charge in [-0.2, -0.15) is 0 Å². The number of methoxy groups -OCH3 is 1. The molecule has 1 aliphatic carbocycles. The third-order valence-corrected chi connectivity index (χ3v) is 1.85. The minimum Gasteiger partial charge on any atom is -0.352 e. The van der Waals surface area contributed by atoms with Crippen LogP contribution in [0.5, 0.6) is 0 Å². The molecule has 1 unspecified atom stereocenters. The Kier molecular flexibility index (Phi) is 2.88. The van der Waals surface area contributed by atoms with Crippen LogP contribution in [0.15, 0.2) is 23.8 Å². The molecule has 1 N–H and O–H groups in total. The second-order valence-electron chi connectivity index (χ2n) is 3.09. The van der Waals surface area contributed by atoms with E-state index in [1.54, 1.807) is 13.2 Å². The Morgan fingerprint density at radius 2 is 2.31 bits per heavy atom. The molecular weight excluding hydrogens is 166 g/mol. The molecule has 0 bridgehead atoms.